The highest BCUT2D eigenvalue weighted by molar-refractivity contribution is 14.0. The van der Waals surface area contributed by atoms with Crippen molar-refractivity contribution in [3.05, 3.63) is 65.2 Å². The molecule has 24 heavy (non-hydrogen) atoms. The number of aliphatic hydroxyl groups is 1. The van der Waals surface area contributed by atoms with Gasteiger partial charge in [0.1, 0.15) is 0 Å². The molecule has 0 heterocycles. The van der Waals surface area contributed by atoms with Gasteiger partial charge in [0.15, 0.2) is 5.96 Å². The van der Waals surface area contributed by atoms with E-state index in [1.54, 1.807) is 0 Å². The molecule has 0 saturated carbocycles. The second-order valence-corrected chi connectivity index (χ2v) is 6.06. The van der Waals surface area contributed by atoms with Crippen LogP contribution in [0, 0.1) is 6.92 Å². The maximum Gasteiger partial charge on any atom is 0.193 e. The molecule has 0 fully saturated rings. The third kappa shape index (κ3) is 6.13. The van der Waals surface area contributed by atoms with Gasteiger partial charge in [-0.2, -0.15) is 0 Å². The number of rotatable bonds is 5. The highest BCUT2D eigenvalue weighted by atomic mass is 127. The Kier molecular flexibility index (Phi) is 8.21. The third-order valence-corrected chi connectivity index (χ3v) is 3.69. The number of aryl methyl sites for hydroxylation is 1. The van der Waals surface area contributed by atoms with Gasteiger partial charge in [-0.15, -0.1) is 24.0 Å². The third-order valence-electron chi connectivity index (χ3n) is 3.69. The summed E-state index contributed by atoms with van der Waals surface area (Å²) >= 11 is 0. The molecule has 130 valence electrons. The van der Waals surface area contributed by atoms with Crippen molar-refractivity contribution >= 4 is 35.6 Å². The number of halogens is 1. The molecule has 0 aliphatic rings. The zero-order chi connectivity index (χ0) is 16.8. The molecule has 0 spiro atoms. The van der Waals surface area contributed by atoms with E-state index in [-0.39, 0.29) is 30.5 Å². The Labute approximate surface area is 161 Å². The summed E-state index contributed by atoms with van der Waals surface area (Å²) in [5.74, 6) is 0.760. The average molecular weight is 439 g/mol. The van der Waals surface area contributed by atoms with Gasteiger partial charge >= 0.3 is 0 Å². The Bertz CT molecular complexity index is 686. The molecular formula is C19H26IN3O. The first-order chi connectivity index (χ1) is 11.0. The second-order valence-electron chi connectivity index (χ2n) is 6.06. The maximum atomic E-state index is 10.2. The predicted molar refractivity (Wildman–Crippen MR) is 112 cm³/mol. The molecule has 0 saturated heterocycles. The van der Waals surface area contributed by atoms with Gasteiger partial charge in [-0.3, -0.25) is 4.99 Å². The second kappa shape index (κ2) is 9.64. The molecule has 0 aliphatic heterocycles. The van der Waals surface area contributed by atoms with E-state index in [1.165, 1.54) is 5.56 Å². The topological polar surface area (TPSA) is 70.6 Å². The number of aliphatic hydroxyl groups excluding tert-OH is 1. The minimum atomic E-state index is -0.655. The van der Waals surface area contributed by atoms with Gasteiger partial charge in [-0.1, -0.05) is 55.8 Å². The van der Waals surface area contributed by atoms with Crippen molar-refractivity contribution in [3.63, 3.8) is 0 Å². The Morgan fingerprint density at radius 3 is 2.46 bits per heavy atom. The maximum absolute atomic E-state index is 10.2. The number of hydrogen-bond donors (Lipinski definition) is 3. The fraction of sp³-hybridized carbons (Fsp3) is 0.316. The average Bonchev–Trinajstić information content (AvgIpc) is 2.53. The van der Waals surface area contributed by atoms with Crippen molar-refractivity contribution in [1.29, 1.82) is 0 Å². The molecule has 1 atom stereocenters. The summed E-state index contributed by atoms with van der Waals surface area (Å²) in [6, 6.07) is 15.9. The number of benzene rings is 2. The van der Waals surface area contributed by atoms with Gasteiger partial charge in [0, 0.05) is 5.69 Å². The quantitative estimate of drug-likeness (QED) is 0.372. The van der Waals surface area contributed by atoms with E-state index in [2.05, 4.69) is 36.3 Å². The number of aliphatic imine (C=N–C) groups is 1. The van der Waals surface area contributed by atoms with Crippen molar-refractivity contribution in [1.82, 2.24) is 0 Å². The van der Waals surface area contributed by atoms with E-state index < -0.39 is 6.10 Å². The minimum Gasteiger partial charge on any atom is -0.386 e. The van der Waals surface area contributed by atoms with Crippen LogP contribution in [0.3, 0.4) is 0 Å². The monoisotopic (exact) mass is 439 g/mol. The summed E-state index contributed by atoms with van der Waals surface area (Å²) in [5, 5.41) is 13.3. The van der Waals surface area contributed by atoms with Gasteiger partial charge in [0.2, 0.25) is 0 Å². The smallest absolute Gasteiger partial charge is 0.193 e. The van der Waals surface area contributed by atoms with Gasteiger partial charge < -0.3 is 16.2 Å². The fourth-order valence-electron chi connectivity index (χ4n) is 2.33. The van der Waals surface area contributed by atoms with Crippen molar-refractivity contribution in [2.75, 3.05) is 11.9 Å². The summed E-state index contributed by atoms with van der Waals surface area (Å²) in [6.07, 6.45) is -0.655. The lowest BCUT2D eigenvalue weighted by Gasteiger charge is -2.12. The van der Waals surface area contributed by atoms with E-state index >= 15 is 0 Å². The normalized spacial score (nSPS) is 12.6. The summed E-state index contributed by atoms with van der Waals surface area (Å²) < 4.78 is 0. The van der Waals surface area contributed by atoms with Gasteiger partial charge in [-0.05, 0) is 36.1 Å². The Morgan fingerprint density at radius 1 is 1.12 bits per heavy atom. The predicted octanol–water partition coefficient (Wildman–Crippen LogP) is 4.20. The van der Waals surface area contributed by atoms with Crippen LogP contribution in [0.25, 0.3) is 0 Å². The number of anilines is 1. The van der Waals surface area contributed by atoms with Crippen molar-refractivity contribution in [3.8, 4) is 0 Å². The molecule has 2 aromatic rings. The first-order valence-corrected chi connectivity index (χ1v) is 7.87. The molecule has 0 amide bonds. The Hall–Kier alpha value is -1.60. The lowest BCUT2D eigenvalue weighted by Crippen LogP contribution is -2.23. The largest absolute Gasteiger partial charge is 0.386 e. The highest BCUT2D eigenvalue weighted by Gasteiger charge is 2.07. The molecule has 0 aromatic heterocycles. The number of hydrogen-bond acceptors (Lipinski definition) is 2. The van der Waals surface area contributed by atoms with Gasteiger partial charge in [-0.25, -0.2) is 0 Å². The summed E-state index contributed by atoms with van der Waals surface area (Å²) in [4.78, 5) is 4.23. The van der Waals surface area contributed by atoms with Crippen molar-refractivity contribution in [2.45, 2.75) is 32.8 Å². The SMILES string of the molecule is Cc1cccc(C(O)CN=C(N)Nc2cccc(C(C)C)c2)c1.I. The molecule has 5 heteroatoms. The molecule has 2 aromatic carbocycles. The number of nitrogens with one attached hydrogen (secondary N) is 1. The van der Waals surface area contributed by atoms with Crippen LogP contribution in [0.15, 0.2) is 53.5 Å². The molecule has 0 aliphatic carbocycles. The molecule has 4 nitrogen and oxygen atoms in total. The van der Waals surface area contributed by atoms with Crippen molar-refractivity contribution in [2.24, 2.45) is 10.7 Å². The molecule has 0 radical (unpaired) electrons. The Morgan fingerprint density at radius 2 is 1.79 bits per heavy atom. The van der Waals surface area contributed by atoms with E-state index in [0.29, 0.717) is 11.9 Å². The summed E-state index contributed by atoms with van der Waals surface area (Å²) in [7, 11) is 0. The van der Waals surface area contributed by atoms with Crippen LogP contribution in [-0.2, 0) is 0 Å². The number of nitrogens with zero attached hydrogens (tertiary/aromatic N) is 1. The minimum absolute atomic E-state index is 0. The summed E-state index contributed by atoms with van der Waals surface area (Å²) in [6.45, 7) is 6.52. The fourth-order valence-corrected chi connectivity index (χ4v) is 2.33. The summed E-state index contributed by atoms with van der Waals surface area (Å²) in [5.41, 5.74) is 10.0. The standard InChI is InChI=1S/C19H25N3O.HI/c1-13(2)15-7-5-9-17(11-15)22-19(20)21-12-18(23)16-8-4-6-14(3)10-16;/h4-11,13,18,23H,12H2,1-3H3,(H3,20,21,22);1H. The van der Waals surface area contributed by atoms with Crippen molar-refractivity contribution < 1.29 is 5.11 Å². The van der Waals surface area contributed by atoms with E-state index in [0.717, 1.165) is 16.8 Å². The first-order valence-electron chi connectivity index (χ1n) is 7.87. The zero-order valence-electron chi connectivity index (χ0n) is 14.4. The molecule has 1 unspecified atom stereocenters. The van der Waals surface area contributed by atoms with Gasteiger partial charge in [0.05, 0.1) is 12.6 Å². The van der Waals surface area contributed by atoms with Crippen LogP contribution in [0.2, 0.25) is 0 Å². The zero-order valence-corrected chi connectivity index (χ0v) is 16.7. The highest BCUT2D eigenvalue weighted by Crippen LogP contribution is 2.18. The number of nitrogens with two attached hydrogens (primary N) is 1. The molecule has 2 rings (SSSR count). The molecular weight excluding hydrogens is 413 g/mol. The van der Waals surface area contributed by atoms with E-state index in [9.17, 15) is 5.11 Å². The lowest BCUT2D eigenvalue weighted by molar-refractivity contribution is 0.187. The van der Waals surface area contributed by atoms with Crippen LogP contribution in [0.1, 0.15) is 42.6 Å². The van der Waals surface area contributed by atoms with Crippen LogP contribution in [-0.4, -0.2) is 17.6 Å². The Balaban J connectivity index is 0.00000288. The van der Waals surface area contributed by atoms with Crippen LogP contribution >= 0.6 is 24.0 Å². The number of guanidine groups is 1. The van der Waals surface area contributed by atoms with Crippen LogP contribution < -0.4 is 11.1 Å². The lowest BCUT2D eigenvalue weighted by atomic mass is 10.0. The molecule has 0 bridgehead atoms. The molecule has 4 N–H and O–H groups in total. The van der Waals surface area contributed by atoms with Crippen LogP contribution in [0.5, 0.6) is 0 Å². The van der Waals surface area contributed by atoms with Crippen LogP contribution in [0.4, 0.5) is 5.69 Å². The van der Waals surface area contributed by atoms with E-state index in [1.807, 2.05) is 43.3 Å². The van der Waals surface area contributed by atoms with Gasteiger partial charge in [0.25, 0.3) is 0 Å². The first kappa shape index (κ1) is 20.4. The van der Waals surface area contributed by atoms with E-state index in [4.69, 9.17) is 5.73 Å².